The Morgan fingerprint density at radius 1 is 1.24 bits per heavy atom. The van der Waals surface area contributed by atoms with Gasteiger partial charge in [0.25, 0.3) is 0 Å². The van der Waals surface area contributed by atoms with E-state index in [1.54, 1.807) is 0 Å². The maximum absolute atomic E-state index is 11.7. The van der Waals surface area contributed by atoms with Gasteiger partial charge in [0.1, 0.15) is 0 Å². The number of hydrogen-bond donors (Lipinski definition) is 3. The van der Waals surface area contributed by atoms with Crippen molar-refractivity contribution in [2.24, 2.45) is 4.99 Å². The molecule has 1 amide bonds. The number of amides is 1. The summed E-state index contributed by atoms with van der Waals surface area (Å²) in [5.41, 5.74) is 0. The average molecular weight is 300 g/mol. The number of carbonyl (C=O) groups excluding carboxylic acids is 1. The van der Waals surface area contributed by atoms with Gasteiger partial charge in [0, 0.05) is 45.3 Å². The van der Waals surface area contributed by atoms with E-state index in [0.717, 1.165) is 38.6 Å². The van der Waals surface area contributed by atoms with E-state index in [-0.39, 0.29) is 11.9 Å². The quantitative estimate of drug-likeness (QED) is 0.305. The summed E-state index contributed by atoms with van der Waals surface area (Å²) in [4.78, 5) is 16.1. The van der Waals surface area contributed by atoms with Crippen molar-refractivity contribution in [3.05, 3.63) is 0 Å². The minimum absolute atomic E-state index is 0.0732. The largest absolute Gasteiger partial charge is 0.382 e. The zero-order chi connectivity index (χ0) is 15.9. The Balaban J connectivity index is 3.92. The second-order valence-electron chi connectivity index (χ2n) is 4.86. The molecule has 0 saturated carbocycles. The third kappa shape index (κ3) is 12.2. The first-order valence-corrected chi connectivity index (χ1v) is 8.03. The highest BCUT2D eigenvalue weighted by molar-refractivity contribution is 5.81. The number of hydrogen-bond acceptors (Lipinski definition) is 3. The molecule has 6 nitrogen and oxygen atoms in total. The van der Waals surface area contributed by atoms with Crippen molar-refractivity contribution in [3.8, 4) is 0 Å². The molecule has 0 spiro atoms. The Morgan fingerprint density at radius 3 is 2.62 bits per heavy atom. The third-order valence-electron chi connectivity index (χ3n) is 2.93. The molecule has 0 radical (unpaired) electrons. The topological polar surface area (TPSA) is 74.8 Å². The molecule has 0 rings (SSSR count). The van der Waals surface area contributed by atoms with Gasteiger partial charge in [0.05, 0.1) is 0 Å². The van der Waals surface area contributed by atoms with E-state index >= 15 is 0 Å². The van der Waals surface area contributed by atoms with Crippen LogP contribution in [0.5, 0.6) is 0 Å². The van der Waals surface area contributed by atoms with Crippen LogP contribution in [0.2, 0.25) is 0 Å². The predicted octanol–water partition coefficient (Wildman–Crippen LogP) is 1.27. The fourth-order valence-electron chi connectivity index (χ4n) is 1.59. The Bertz CT molecular complexity index is 295. The summed E-state index contributed by atoms with van der Waals surface area (Å²) in [5.74, 6) is 0.828. The molecule has 0 bridgehead atoms. The summed E-state index contributed by atoms with van der Waals surface area (Å²) in [6, 6.07) is 0.234. The maximum atomic E-state index is 11.7. The lowest BCUT2D eigenvalue weighted by Gasteiger charge is -2.13. The fourth-order valence-corrected chi connectivity index (χ4v) is 1.59. The molecule has 0 aliphatic heterocycles. The zero-order valence-corrected chi connectivity index (χ0v) is 14.0. The molecule has 0 heterocycles. The van der Waals surface area contributed by atoms with Crippen LogP contribution in [-0.4, -0.2) is 50.8 Å². The van der Waals surface area contributed by atoms with Crippen LogP contribution in [0.3, 0.4) is 0 Å². The molecule has 0 aromatic heterocycles. The number of nitrogens with one attached hydrogen (secondary N) is 3. The van der Waals surface area contributed by atoms with Crippen LogP contribution >= 0.6 is 0 Å². The summed E-state index contributed by atoms with van der Waals surface area (Å²) >= 11 is 0. The predicted molar refractivity (Wildman–Crippen MR) is 87.6 cm³/mol. The molecule has 0 fully saturated rings. The van der Waals surface area contributed by atoms with Gasteiger partial charge in [-0.05, 0) is 33.6 Å². The average Bonchev–Trinajstić information content (AvgIpc) is 2.46. The molecule has 1 atom stereocenters. The summed E-state index contributed by atoms with van der Waals surface area (Å²) < 4.78 is 5.27. The van der Waals surface area contributed by atoms with Crippen LogP contribution in [0.25, 0.3) is 0 Å². The standard InChI is InChI=1S/C15H32N4O2/c1-5-13(4)19-14(20)9-11-18-15(16-6-2)17-10-8-12-21-7-3/h13H,5-12H2,1-4H3,(H,19,20)(H2,16,17,18). The van der Waals surface area contributed by atoms with Gasteiger partial charge < -0.3 is 20.7 Å². The summed E-state index contributed by atoms with van der Waals surface area (Å²) in [6.07, 6.45) is 2.30. The van der Waals surface area contributed by atoms with Crippen LogP contribution < -0.4 is 16.0 Å². The first kappa shape index (κ1) is 19.7. The molecular weight excluding hydrogens is 268 g/mol. The Hall–Kier alpha value is -1.30. The molecule has 0 aliphatic rings. The molecule has 21 heavy (non-hydrogen) atoms. The van der Waals surface area contributed by atoms with Gasteiger partial charge in [-0.15, -0.1) is 0 Å². The smallest absolute Gasteiger partial charge is 0.221 e. The van der Waals surface area contributed by atoms with Crippen LogP contribution in [0.15, 0.2) is 4.99 Å². The molecule has 0 saturated heterocycles. The minimum atomic E-state index is 0.0732. The number of guanidine groups is 1. The van der Waals surface area contributed by atoms with Crippen molar-refractivity contribution in [3.63, 3.8) is 0 Å². The van der Waals surface area contributed by atoms with Gasteiger partial charge in [0.2, 0.25) is 5.91 Å². The van der Waals surface area contributed by atoms with E-state index in [0.29, 0.717) is 19.5 Å². The molecule has 0 aromatic rings. The molecule has 0 aromatic carbocycles. The monoisotopic (exact) mass is 300 g/mol. The Labute approximate surface area is 129 Å². The lowest BCUT2D eigenvalue weighted by Crippen LogP contribution is -2.40. The minimum Gasteiger partial charge on any atom is -0.382 e. The Kier molecular flexibility index (Phi) is 12.8. The number of carbonyl (C=O) groups is 1. The number of nitrogens with zero attached hydrogens (tertiary/aromatic N) is 1. The number of rotatable bonds is 11. The van der Waals surface area contributed by atoms with Crippen molar-refractivity contribution in [2.45, 2.75) is 53.0 Å². The van der Waals surface area contributed by atoms with E-state index in [9.17, 15) is 4.79 Å². The van der Waals surface area contributed by atoms with Gasteiger partial charge in [-0.3, -0.25) is 9.79 Å². The highest BCUT2D eigenvalue weighted by Gasteiger charge is 2.05. The summed E-state index contributed by atoms with van der Waals surface area (Å²) in [7, 11) is 0. The van der Waals surface area contributed by atoms with E-state index in [1.807, 2.05) is 20.8 Å². The molecule has 3 N–H and O–H groups in total. The molecular formula is C15H32N4O2. The van der Waals surface area contributed by atoms with Gasteiger partial charge in [-0.25, -0.2) is 0 Å². The SMILES string of the molecule is CCNC(=NCCCOCC)NCCC(=O)NC(C)CC. The summed E-state index contributed by atoms with van der Waals surface area (Å²) in [5, 5.41) is 9.28. The molecule has 124 valence electrons. The lowest BCUT2D eigenvalue weighted by molar-refractivity contribution is -0.121. The van der Waals surface area contributed by atoms with Crippen molar-refractivity contribution >= 4 is 11.9 Å². The second kappa shape index (κ2) is 13.7. The van der Waals surface area contributed by atoms with Crippen molar-refractivity contribution in [2.75, 3.05) is 32.8 Å². The first-order chi connectivity index (χ1) is 10.1. The number of aliphatic imine (C=N–C) groups is 1. The van der Waals surface area contributed by atoms with Crippen LogP contribution in [0.1, 0.15) is 47.0 Å². The lowest BCUT2D eigenvalue weighted by atomic mass is 10.2. The van der Waals surface area contributed by atoms with Crippen LogP contribution in [-0.2, 0) is 9.53 Å². The first-order valence-electron chi connectivity index (χ1n) is 8.03. The number of ether oxygens (including phenoxy) is 1. The maximum Gasteiger partial charge on any atom is 0.221 e. The molecule has 1 unspecified atom stereocenters. The van der Waals surface area contributed by atoms with E-state index in [1.165, 1.54) is 0 Å². The van der Waals surface area contributed by atoms with Crippen LogP contribution in [0, 0.1) is 0 Å². The van der Waals surface area contributed by atoms with Gasteiger partial charge >= 0.3 is 0 Å². The van der Waals surface area contributed by atoms with Crippen molar-refractivity contribution in [1.29, 1.82) is 0 Å². The fraction of sp³-hybridized carbons (Fsp3) is 0.867. The second-order valence-corrected chi connectivity index (χ2v) is 4.86. The highest BCUT2D eigenvalue weighted by Crippen LogP contribution is 1.89. The van der Waals surface area contributed by atoms with Crippen LogP contribution in [0.4, 0.5) is 0 Å². The normalized spacial score (nSPS) is 12.9. The summed E-state index contributed by atoms with van der Waals surface area (Å²) in [6.45, 7) is 11.7. The van der Waals surface area contributed by atoms with Crippen molar-refractivity contribution < 1.29 is 9.53 Å². The van der Waals surface area contributed by atoms with Crippen molar-refractivity contribution in [1.82, 2.24) is 16.0 Å². The van der Waals surface area contributed by atoms with Gasteiger partial charge in [-0.1, -0.05) is 6.92 Å². The third-order valence-corrected chi connectivity index (χ3v) is 2.93. The van der Waals surface area contributed by atoms with Gasteiger partial charge in [-0.2, -0.15) is 0 Å². The molecule has 6 heteroatoms. The molecule has 0 aliphatic carbocycles. The van der Waals surface area contributed by atoms with E-state index < -0.39 is 0 Å². The Morgan fingerprint density at radius 2 is 2.00 bits per heavy atom. The van der Waals surface area contributed by atoms with E-state index in [4.69, 9.17) is 4.74 Å². The van der Waals surface area contributed by atoms with Gasteiger partial charge in [0.15, 0.2) is 5.96 Å². The van der Waals surface area contributed by atoms with E-state index in [2.05, 4.69) is 27.9 Å². The highest BCUT2D eigenvalue weighted by atomic mass is 16.5. The zero-order valence-electron chi connectivity index (χ0n) is 14.0.